The van der Waals surface area contributed by atoms with Gasteiger partial charge in [0.05, 0.1) is 5.69 Å². The number of hydrogen-bond donors (Lipinski definition) is 2. The summed E-state index contributed by atoms with van der Waals surface area (Å²) in [5.41, 5.74) is -0.445. The summed E-state index contributed by atoms with van der Waals surface area (Å²) in [6.07, 6.45) is -0.702. The molecular formula is C16H16F2N2O3S. The van der Waals surface area contributed by atoms with Crippen LogP contribution in [0.1, 0.15) is 30.4 Å². The second-order valence-corrected chi connectivity index (χ2v) is 6.82. The Hall–Kier alpha value is -2.48. The van der Waals surface area contributed by atoms with E-state index >= 15 is 0 Å². The van der Waals surface area contributed by atoms with Crippen LogP contribution in [0.3, 0.4) is 0 Å². The lowest BCUT2D eigenvalue weighted by Gasteiger charge is -2.19. The normalized spacial score (nSPS) is 11.0. The highest BCUT2D eigenvalue weighted by atomic mass is 32.1. The van der Waals surface area contributed by atoms with Gasteiger partial charge in [0.1, 0.15) is 22.1 Å². The van der Waals surface area contributed by atoms with Crippen molar-refractivity contribution >= 4 is 34.7 Å². The van der Waals surface area contributed by atoms with Crippen molar-refractivity contribution in [1.82, 2.24) is 0 Å². The average Bonchev–Trinajstić information content (AvgIpc) is 2.82. The molecule has 0 radical (unpaired) electrons. The maximum atomic E-state index is 13.2. The number of carbonyl (C=O) groups is 2. The summed E-state index contributed by atoms with van der Waals surface area (Å²) in [5, 5.41) is 6.47. The van der Waals surface area contributed by atoms with Crippen molar-refractivity contribution in [3.63, 3.8) is 0 Å². The van der Waals surface area contributed by atoms with E-state index in [1.807, 2.05) is 0 Å². The van der Waals surface area contributed by atoms with Gasteiger partial charge in [-0.2, -0.15) is 0 Å². The number of thiophene rings is 1. The van der Waals surface area contributed by atoms with Crippen molar-refractivity contribution in [3.05, 3.63) is 46.2 Å². The third kappa shape index (κ3) is 5.02. The fourth-order valence-electron chi connectivity index (χ4n) is 1.81. The van der Waals surface area contributed by atoms with Gasteiger partial charge in [0.2, 0.25) is 0 Å². The second kappa shape index (κ2) is 6.96. The molecule has 0 unspecified atom stereocenters. The number of ether oxygens (including phenoxy) is 1. The van der Waals surface area contributed by atoms with Crippen LogP contribution in [0.4, 0.5) is 25.0 Å². The van der Waals surface area contributed by atoms with E-state index in [1.165, 1.54) is 6.07 Å². The Morgan fingerprint density at radius 1 is 1.08 bits per heavy atom. The highest BCUT2D eigenvalue weighted by Gasteiger charge is 2.20. The highest BCUT2D eigenvalue weighted by Crippen LogP contribution is 2.25. The van der Waals surface area contributed by atoms with Crippen molar-refractivity contribution in [1.29, 1.82) is 0 Å². The maximum absolute atomic E-state index is 13.2. The predicted octanol–water partition coefficient (Wildman–Crippen LogP) is 4.63. The molecule has 0 fully saturated rings. The first kappa shape index (κ1) is 17.9. The van der Waals surface area contributed by atoms with E-state index in [4.69, 9.17) is 4.74 Å². The molecule has 2 N–H and O–H groups in total. The van der Waals surface area contributed by atoms with E-state index in [1.54, 1.807) is 26.2 Å². The molecule has 0 bridgehead atoms. The average molecular weight is 354 g/mol. The van der Waals surface area contributed by atoms with Gasteiger partial charge in [0, 0.05) is 11.8 Å². The molecule has 5 nitrogen and oxygen atoms in total. The molecule has 1 aromatic carbocycles. The molecule has 8 heteroatoms. The van der Waals surface area contributed by atoms with Crippen LogP contribution in [-0.4, -0.2) is 17.6 Å². The summed E-state index contributed by atoms with van der Waals surface area (Å²) in [6.45, 7) is 5.14. The lowest BCUT2D eigenvalue weighted by Crippen LogP contribution is -2.27. The lowest BCUT2D eigenvalue weighted by molar-refractivity contribution is 0.0636. The SMILES string of the molecule is CC(C)(C)OC(=O)Nc1ccsc1C(=O)Nc1cc(F)cc(F)c1. The van der Waals surface area contributed by atoms with E-state index in [0.29, 0.717) is 6.07 Å². The molecule has 0 aliphatic heterocycles. The summed E-state index contributed by atoms with van der Waals surface area (Å²) in [6, 6.07) is 4.23. The van der Waals surface area contributed by atoms with Gasteiger partial charge in [-0.1, -0.05) is 0 Å². The van der Waals surface area contributed by atoms with Gasteiger partial charge in [-0.25, -0.2) is 13.6 Å². The van der Waals surface area contributed by atoms with E-state index < -0.39 is 29.2 Å². The molecule has 2 amide bonds. The van der Waals surface area contributed by atoms with Crippen LogP contribution in [0, 0.1) is 11.6 Å². The topological polar surface area (TPSA) is 67.4 Å². The number of nitrogens with one attached hydrogen (secondary N) is 2. The van der Waals surface area contributed by atoms with E-state index in [-0.39, 0.29) is 16.3 Å². The Bertz CT molecular complexity index is 749. The Kier molecular flexibility index (Phi) is 5.18. The number of carbonyl (C=O) groups excluding carboxylic acids is 2. The first-order valence-electron chi connectivity index (χ1n) is 6.99. The van der Waals surface area contributed by atoms with Gasteiger partial charge in [-0.3, -0.25) is 10.1 Å². The number of benzene rings is 1. The first-order chi connectivity index (χ1) is 11.1. The zero-order valence-corrected chi connectivity index (χ0v) is 14.1. The van der Waals surface area contributed by atoms with Crippen molar-refractivity contribution in [2.45, 2.75) is 26.4 Å². The molecule has 0 saturated heterocycles. The molecule has 1 heterocycles. The fraction of sp³-hybridized carbons (Fsp3) is 0.250. The van der Waals surface area contributed by atoms with Gasteiger partial charge in [0.15, 0.2) is 0 Å². The number of amides is 2. The van der Waals surface area contributed by atoms with Crippen molar-refractivity contribution < 1.29 is 23.1 Å². The molecule has 24 heavy (non-hydrogen) atoms. The standard InChI is InChI=1S/C16H16F2N2O3S/c1-16(2,3)23-15(22)20-12-4-5-24-13(12)14(21)19-11-7-9(17)6-10(18)8-11/h4-8H,1-3H3,(H,19,21)(H,20,22). The summed E-state index contributed by atoms with van der Waals surface area (Å²) < 4.78 is 31.5. The summed E-state index contributed by atoms with van der Waals surface area (Å²) in [7, 11) is 0. The fourth-order valence-corrected chi connectivity index (χ4v) is 2.56. The summed E-state index contributed by atoms with van der Waals surface area (Å²) in [5.74, 6) is -2.20. The molecule has 0 aliphatic rings. The zero-order valence-electron chi connectivity index (χ0n) is 13.3. The van der Waals surface area contributed by atoms with Gasteiger partial charge < -0.3 is 10.1 Å². The van der Waals surface area contributed by atoms with E-state index in [0.717, 1.165) is 23.5 Å². The minimum atomic E-state index is -0.802. The summed E-state index contributed by atoms with van der Waals surface area (Å²) >= 11 is 1.08. The lowest BCUT2D eigenvalue weighted by atomic mass is 10.2. The highest BCUT2D eigenvalue weighted by molar-refractivity contribution is 7.12. The Morgan fingerprint density at radius 2 is 1.71 bits per heavy atom. The first-order valence-corrected chi connectivity index (χ1v) is 7.87. The zero-order chi connectivity index (χ0) is 17.9. The molecule has 1 aromatic heterocycles. The Labute approximate surface area is 141 Å². The van der Waals surface area contributed by atoms with Gasteiger partial charge in [-0.15, -0.1) is 11.3 Å². The number of rotatable bonds is 3. The second-order valence-electron chi connectivity index (χ2n) is 5.90. The number of hydrogen-bond acceptors (Lipinski definition) is 4. The van der Waals surface area contributed by atoms with Gasteiger partial charge in [0.25, 0.3) is 5.91 Å². The van der Waals surface area contributed by atoms with E-state index in [2.05, 4.69) is 10.6 Å². The molecule has 0 atom stereocenters. The third-order valence-electron chi connectivity index (χ3n) is 2.63. The minimum Gasteiger partial charge on any atom is -0.444 e. The molecule has 2 aromatic rings. The summed E-state index contributed by atoms with van der Waals surface area (Å²) in [4.78, 5) is 24.2. The Morgan fingerprint density at radius 3 is 2.29 bits per heavy atom. The largest absolute Gasteiger partial charge is 0.444 e. The van der Waals surface area contributed by atoms with Crippen LogP contribution in [-0.2, 0) is 4.74 Å². The Balaban J connectivity index is 2.11. The predicted molar refractivity (Wildman–Crippen MR) is 88.5 cm³/mol. The molecular weight excluding hydrogens is 338 g/mol. The van der Waals surface area contributed by atoms with Crippen LogP contribution in [0.5, 0.6) is 0 Å². The quantitative estimate of drug-likeness (QED) is 0.845. The van der Waals surface area contributed by atoms with Crippen LogP contribution in [0.2, 0.25) is 0 Å². The van der Waals surface area contributed by atoms with Gasteiger partial charge in [-0.05, 0) is 44.4 Å². The minimum absolute atomic E-state index is 0.0193. The van der Waals surface area contributed by atoms with Crippen LogP contribution >= 0.6 is 11.3 Å². The van der Waals surface area contributed by atoms with Crippen LogP contribution in [0.15, 0.2) is 29.6 Å². The van der Waals surface area contributed by atoms with Crippen molar-refractivity contribution in [2.24, 2.45) is 0 Å². The molecule has 0 saturated carbocycles. The monoisotopic (exact) mass is 354 g/mol. The molecule has 128 valence electrons. The van der Waals surface area contributed by atoms with E-state index in [9.17, 15) is 18.4 Å². The smallest absolute Gasteiger partial charge is 0.412 e. The molecule has 0 aliphatic carbocycles. The van der Waals surface area contributed by atoms with Crippen molar-refractivity contribution in [3.8, 4) is 0 Å². The molecule has 2 rings (SSSR count). The maximum Gasteiger partial charge on any atom is 0.412 e. The van der Waals surface area contributed by atoms with Gasteiger partial charge >= 0.3 is 6.09 Å². The van der Waals surface area contributed by atoms with Crippen molar-refractivity contribution in [2.75, 3.05) is 10.6 Å². The van der Waals surface area contributed by atoms with Crippen LogP contribution in [0.25, 0.3) is 0 Å². The van der Waals surface area contributed by atoms with Crippen LogP contribution < -0.4 is 10.6 Å². The number of halogens is 2. The molecule has 0 spiro atoms. The third-order valence-corrected chi connectivity index (χ3v) is 3.54. The number of anilines is 2.